The summed E-state index contributed by atoms with van der Waals surface area (Å²) in [6, 6.07) is 15.6. The summed E-state index contributed by atoms with van der Waals surface area (Å²) in [7, 11) is 1.50. The number of ether oxygens (including phenoxy) is 2. The van der Waals surface area contributed by atoms with E-state index in [9.17, 15) is 14.0 Å². The van der Waals surface area contributed by atoms with Crippen LogP contribution >= 0.6 is 27.7 Å². The van der Waals surface area contributed by atoms with Crippen molar-refractivity contribution in [3.63, 3.8) is 0 Å². The number of amides is 1. The Morgan fingerprint density at radius 3 is 2.69 bits per heavy atom. The number of aromatic carboxylic acids is 1. The molecule has 0 atom stereocenters. The van der Waals surface area contributed by atoms with Crippen LogP contribution < -0.4 is 14.8 Å². The highest BCUT2D eigenvalue weighted by molar-refractivity contribution is 9.10. The van der Waals surface area contributed by atoms with Gasteiger partial charge in [-0.05, 0) is 93.4 Å². The van der Waals surface area contributed by atoms with Gasteiger partial charge in [-0.3, -0.25) is 4.79 Å². The molecule has 0 aromatic heterocycles. The smallest absolute Gasteiger partial charge is 0.335 e. The predicted octanol–water partition coefficient (Wildman–Crippen LogP) is 5.77. The summed E-state index contributed by atoms with van der Waals surface area (Å²) < 4.78 is 25.1. The fourth-order valence-electron chi connectivity index (χ4n) is 3.18. The van der Waals surface area contributed by atoms with E-state index in [-0.39, 0.29) is 23.9 Å². The minimum Gasteiger partial charge on any atom is -0.493 e. The molecule has 178 valence electrons. The summed E-state index contributed by atoms with van der Waals surface area (Å²) in [5.74, 6) is -0.799. The van der Waals surface area contributed by atoms with Gasteiger partial charge in [0.05, 0.1) is 27.7 Å². The van der Waals surface area contributed by atoms with E-state index >= 15 is 0 Å². The number of thioether (sulfide) groups is 1. The lowest BCUT2D eigenvalue weighted by atomic mass is 10.1. The number of aliphatic imine (C=N–C) groups is 1. The summed E-state index contributed by atoms with van der Waals surface area (Å²) in [4.78, 5) is 28.4. The molecular weight excluding hydrogens is 539 g/mol. The number of rotatable bonds is 7. The molecule has 1 heterocycles. The van der Waals surface area contributed by atoms with Crippen LogP contribution in [0, 0.1) is 5.82 Å². The van der Waals surface area contributed by atoms with Crippen LogP contribution in [0.4, 0.5) is 10.1 Å². The molecule has 1 amide bonds. The number of benzene rings is 3. The van der Waals surface area contributed by atoms with E-state index < -0.39 is 5.97 Å². The Labute approximate surface area is 212 Å². The zero-order valence-corrected chi connectivity index (χ0v) is 20.7. The molecule has 7 nitrogen and oxygen atoms in total. The van der Waals surface area contributed by atoms with E-state index in [1.165, 1.54) is 49.2 Å². The molecule has 0 radical (unpaired) electrons. The van der Waals surface area contributed by atoms with E-state index in [4.69, 9.17) is 14.6 Å². The molecular formula is C25H18BrFN2O5S. The highest BCUT2D eigenvalue weighted by Gasteiger charge is 2.24. The maximum Gasteiger partial charge on any atom is 0.335 e. The third-order valence-corrected chi connectivity index (χ3v) is 6.31. The second kappa shape index (κ2) is 10.7. The van der Waals surface area contributed by atoms with Crippen molar-refractivity contribution in [3.8, 4) is 11.5 Å². The van der Waals surface area contributed by atoms with Crippen LogP contribution in [0.2, 0.25) is 0 Å². The zero-order chi connectivity index (χ0) is 24.9. The number of hydrogen-bond acceptors (Lipinski definition) is 6. The average molecular weight is 557 g/mol. The summed E-state index contributed by atoms with van der Waals surface area (Å²) in [6.45, 7) is 0.137. The number of nitrogens with one attached hydrogen (secondary N) is 1. The van der Waals surface area contributed by atoms with Crippen molar-refractivity contribution in [2.45, 2.75) is 6.61 Å². The third kappa shape index (κ3) is 6.09. The van der Waals surface area contributed by atoms with Crippen LogP contribution in [0.15, 0.2) is 75.0 Å². The van der Waals surface area contributed by atoms with Crippen molar-refractivity contribution >= 4 is 56.5 Å². The minimum atomic E-state index is -1.01. The fraction of sp³-hybridized carbons (Fsp3) is 0.0800. The molecule has 1 fully saturated rings. The predicted molar refractivity (Wildman–Crippen MR) is 136 cm³/mol. The lowest BCUT2D eigenvalue weighted by Crippen LogP contribution is -2.19. The van der Waals surface area contributed by atoms with Crippen molar-refractivity contribution < 1.29 is 28.6 Å². The first-order valence-corrected chi connectivity index (χ1v) is 11.8. The second-order valence-corrected chi connectivity index (χ2v) is 9.17. The second-order valence-electron chi connectivity index (χ2n) is 7.29. The Balaban J connectivity index is 1.52. The molecule has 3 aromatic carbocycles. The van der Waals surface area contributed by atoms with Crippen LogP contribution in [-0.2, 0) is 11.4 Å². The number of nitrogens with zero attached hydrogens (tertiary/aromatic N) is 1. The zero-order valence-electron chi connectivity index (χ0n) is 18.2. The van der Waals surface area contributed by atoms with Crippen LogP contribution in [0.5, 0.6) is 11.5 Å². The molecule has 0 bridgehead atoms. The SMILES string of the molecule is COc1cc(/C=C2/SC(=Nc3ccc(F)cc3)NC2=O)cc(Br)c1OCc1cccc(C(=O)O)c1. The molecule has 0 spiro atoms. The number of carboxylic acid groups (broad SMARTS) is 1. The maximum absolute atomic E-state index is 13.1. The normalized spacial score (nSPS) is 15.3. The quantitative estimate of drug-likeness (QED) is 0.359. The van der Waals surface area contributed by atoms with E-state index in [0.29, 0.717) is 42.9 Å². The van der Waals surface area contributed by atoms with Crippen LogP contribution in [0.25, 0.3) is 6.08 Å². The van der Waals surface area contributed by atoms with Gasteiger partial charge in [0.15, 0.2) is 16.7 Å². The van der Waals surface area contributed by atoms with Crippen molar-refractivity contribution in [2.24, 2.45) is 4.99 Å². The van der Waals surface area contributed by atoms with Crippen molar-refractivity contribution in [1.29, 1.82) is 0 Å². The van der Waals surface area contributed by atoms with Gasteiger partial charge in [0.1, 0.15) is 12.4 Å². The Bertz CT molecular complexity index is 1360. The number of amidine groups is 1. The monoisotopic (exact) mass is 556 g/mol. The number of carbonyl (C=O) groups excluding carboxylic acids is 1. The number of hydrogen-bond donors (Lipinski definition) is 2. The van der Waals surface area contributed by atoms with Gasteiger partial charge < -0.3 is 19.9 Å². The summed E-state index contributed by atoms with van der Waals surface area (Å²) in [5.41, 5.74) is 2.08. The van der Waals surface area contributed by atoms with Crippen molar-refractivity contribution in [3.05, 3.63) is 92.5 Å². The van der Waals surface area contributed by atoms with Crippen molar-refractivity contribution in [1.82, 2.24) is 5.32 Å². The molecule has 1 aliphatic heterocycles. The summed E-state index contributed by atoms with van der Waals surface area (Å²) in [6.07, 6.45) is 1.70. The molecule has 1 saturated heterocycles. The first-order valence-electron chi connectivity index (χ1n) is 10.2. The molecule has 4 rings (SSSR count). The number of carbonyl (C=O) groups is 2. The molecule has 0 aliphatic carbocycles. The molecule has 1 aliphatic rings. The van der Waals surface area contributed by atoms with E-state index in [0.717, 1.165) is 0 Å². The van der Waals surface area contributed by atoms with Gasteiger partial charge in [-0.15, -0.1) is 0 Å². The first kappa shape index (κ1) is 24.5. The minimum absolute atomic E-state index is 0.137. The molecule has 35 heavy (non-hydrogen) atoms. The maximum atomic E-state index is 13.1. The van der Waals surface area contributed by atoms with E-state index in [1.54, 1.807) is 36.4 Å². The lowest BCUT2D eigenvalue weighted by Gasteiger charge is -2.14. The number of carboxylic acids is 1. The highest BCUT2D eigenvalue weighted by atomic mass is 79.9. The van der Waals surface area contributed by atoms with Crippen molar-refractivity contribution in [2.75, 3.05) is 7.11 Å². The largest absolute Gasteiger partial charge is 0.493 e. The Hall–Kier alpha value is -3.63. The van der Waals surface area contributed by atoms with E-state index in [1.807, 2.05) is 0 Å². The van der Waals surface area contributed by atoms with Crippen LogP contribution in [-0.4, -0.2) is 29.3 Å². The van der Waals surface area contributed by atoms with Gasteiger partial charge in [0.25, 0.3) is 5.91 Å². The van der Waals surface area contributed by atoms with Gasteiger partial charge >= 0.3 is 5.97 Å². The molecule has 0 saturated carbocycles. The number of methoxy groups -OCH3 is 1. The van der Waals surface area contributed by atoms with E-state index in [2.05, 4.69) is 26.2 Å². The van der Waals surface area contributed by atoms with Gasteiger partial charge in [-0.25, -0.2) is 14.2 Å². The Morgan fingerprint density at radius 1 is 1.20 bits per heavy atom. The van der Waals surface area contributed by atoms with Crippen LogP contribution in [0.3, 0.4) is 0 Å². The van der Waals surface area contributed by atoms with Gasteiger partial charge in [0, 0.05) is 0 Å². The topological polar surface area (TPSA) is 97.2 Å². The fourth-order valence-corrected chi connectivity index (χ4v) is 4.59. The standard InChI is InChI=1S/C25H18BrFN2O5S/c1-33-20-11-15(10-19(26)22(20)34-13-14-3-2-4-16(9-14)24(31)32)12-21-23(30)29-25(35-21)28-18-7-5-17(27)6-8-18/h2-12H,13H2,1H3,(H,31,32)(H,28,29,30)/b21-12+. The first-order chi connectivity index (χ1) is 16.8. The number of halogens is 2. The highest BCUT2D eigenvalue weighted by Crippen LogP contribution is 2.39. The van der Waals surface area contributed by atoms with Crippen LogP contribution in [0.1, 0.15) is 21.5 Å². The molecule has 0 unspecified atom stereocenters. The summed E-state index contributed by atoms with van der Waals surface area (Å²) >= 11 is 4.66. The van der Waals surface area contributed by atoms with Gasteiger partial charge in [-0.1, -0.05) is 12.1 Å². The average Bonchev–Trinajstić information content (AvgIpc) is 3.17. The molecule has 10 heteroatoms. The molecule has 2 N–H and O–H groups in total. The van der Waals surface area contributed by atoms with Gasteiger partial charge in [-0.2, -0.15) is 0 Å². The summed E-state index contributed by atoms with van der Waals surface area (Å²) in [5, 5.41) is 12.2. The lowest BCUT2D eigenvalue weighted by molar-refractivity contribution is -0.115. The third-order valence-electron chi connectivity index (χ3n) is 4.81. The Kier molecular flexibility index (Phi) is 7.52. The Morgan fingerprint density at radius 2 is 1.97 bits per heavy atom. The molecule has 3 aromatic rings. The van der Waals surface area contributed by atoms with Gasteiger partial charge in [0.2, 0.25) is 0 Å².